The highest BCUT2D eigenvalue weighted by atomic mass is 31.2. The summed E-state index contributed by atoms with van der Waals surface area (Å²) in [7, 11) is -9.87. The zero-order chi connectivity index (χ0) is 59.4. The number of rotatable bonds is 60. The summed E-state index contributed by atoms with van der Waals surface area (Å²) < 4.78 is 67.6. The molecule has 0 amide bonds. The molecular weight excluding hydrogens is 1070 g/mol. The average molecular weight is 1190 g/mol. The van der Waals surface area contributed by atoms with Gasteiger partial charge in [0.2, 0.25) is 0 Å². The Morgan fingerprint density at radius 3 is 0.850 bits per heavy atom. The van der Waals surface area contributed by atoms with E-state index >= 15 is 0 Å². The highest BCUT2D eigenvalue weighted by Crippen LogP contribution is 2.45. The molecule has 0 saturated carbocycles. The third-order valence-electron chi connectivity index (χ3n) is 14.0. The molecule has 0 heterocycles. The smallest absolute Gasteiger partial charge is 0.462 e. The van der Waals surface area contributed by atoms with Crippen LogP contribution in [0.3, 0.4) is 0 Å². The zero-order valence-electron chi connectivity index (χ0n) is 51.4. The van der Waals surface area contributed by atoms with Crippen molar-refractivity contribution in [2.24, 2.45) is 11.8 Å². The van der Waals surface area contributed by atoms with E-state index in [4.69, 9.17) is 37.0 Å². The largest absolute Gasteiger partial charge is 0.472 e. The van der Waals surface area contributed by atoms with Gasteiger partial charge in [-0.1, -0.05) is 247 Å². The van der Waals surface area contributed by atoms with Gasteiger partial charge < -0.3 is 33.8 Å². The maximum absolute atomic E-state index is 12.9. The van der Waals surface area contributed by atoms with Crippen LogP contribution in [0.5, 0.6) is 0 Å². The van der Waals surface area contributed by atoms with Crippen molar-refractivity contribution in [1.82, 2.24) is 0 Å². The molecule has 0 aliphatic heterocycles. The Labute approximate surface area is 486 Å². The number of aliphatic hydroxyl groups excluding tert-OH is 1. The molecule has 0 bridgehead atoms. The lowest BCUT2D eigenvalue weighted by Gasteiger charge is -2.21. The molecule has 0 radical (unpaired) electrons. The standard InChI is InChI=1S/C61H118O17P2/c1-7-9-11-13-14-15-16-17-18-19-20-21-22-23-24-33-39-45-60(65)77-57(50-72-59(64)44-38-32-27-25-30-35-41-53(3)4)52-76-80(69,70)74-48-55(62)47-73-79(67,68)75-51-56(49-71-58(63)43-37-29-12-10-8-2)78-61(66)46-40-34-28-26-31-36-42-54(5)6/h53-57,62H,7-52H2,1-6H3,(H,67,68)(H,69,70)/t55-,56+,57+/m0/s1. The van der Waals surface area contributed by atoms with E-state index in [9.17, 15) is 43.2 Å². The van der Waals surface area contributed by atoms with Gasteiger partial charge in [-0.05, 0) is 37.5 Å². The Kier molecular flexibility index (Phi) is 52.5. The normalized spacial score (nSPS) is 14.4. The number of carbonyl (C=O) groups excluding carboxylic acids is 4. The number of unbranched alkanes of at least 4 members (excludes halogenated alkanes) is 30. The second kappa shape index (κ2) is 53.8. The number of ether oxygens (including phenoxy) is 4. The molecule has 0 fully saturated rings. The van der Waals surface area contributed by atoms with Gasteiger partial charge in [0.1, 0.15) is 19.3 Å². The molecule has 0 aliphatic rings. The third-order valence-corrected chi connectivity index (χ3v) is 15.9. The fourth-order valence-corrected chi connectivity index (χ4v) is 10.6. The van der Waals surface area contributed by atoms with Gasteiger partial charge in [-0.2, -0.15) is 0 Å². The predicted molar refractivity (Wildman–Crippen MR) is 317 cm³/mol. The maximum Gasteiger partial charge on any atom is 0.472 e. The van der Waals surface area contributed by atoms with Crippen LogP contribution in [0, 0.1) is 11.8 Å². The van der Waals surface area contributed by atoms with Crippen molar-refractivity contribution in [3.63, 3.8) is 0 Å². The second-order valence-corrected chi connectivity index (χ2v) is 25.9. The van der Waals surface area contributed by atoms with Gasteiger partial charge in [0.15, 0.2) is 12.2 Å². The van der Waals surface area contributed by atoms with Crippen molar-refractivity contribution in [3.8, 4) is 0 Å². The summed E-state index contributed by atoms with van der Waals surface area (Å²) in [5.74, 6) is -0.806. The molecule has 0 aliphatic carbocycles. The summed E-state index contributed by atoms with van der Waals surface area (Å²) >= 11 is 0. The van der Waals surface area contributed by atoms with Crippen LogP contribution in [0.1, 0.15) is 298 Å². The van der Waals surface area contributed by atoms with Crippen molar-refractivity contribution in [2.45, 2.75) is 317 Å². The summed E-state index contributed by atoms with van der Waals surface area (Å²) in [6.45, 7) is 9.21. The van der Waals surface area contributed by atoms with Crippen molar-refractivity contribution < 1.29 is 80.2 Å². The molecular formula is C61H118O17P2. The maximum atomic E-state index is 12.9. The van der Waals surface area contributed by atoms with Gasteiger partial charge >= 0.3 is 39.5 Å². The molecule has 0 aromatic rings. The summed E-state index contributed by atoms with van der Waals surface area (Å²) in [6, 6.07) is 0. The van der Waals surface area contributed by atoms with Gasteiger partial charge in [0, 0.05) is 25.7 Å². The predicted octanol–water partition coefficient (Wildman–Crippen LogP) is 16.5. The monoisotopic (exact) mass is 1180 g/mol. The minimum atomic E-state index is -4.94. The SMILES string of the molecule is CCCCCCCCCCCCCCCCCCCC(=O)O[C@H](COC(=O)CCCCCCCCC(C)C)COP(=O)(O)OC[C@@H](O)COP(=O)(O)OC[C@@H](COC(=O)CCCCCCC)OC(=O)CCCCCCCCC(C)C. The minimum absolute atomic E-state index is 0.101. The Morgan fingerprint density at radius 2 is 0.575 bits per heavy atom. The number of phosphoric acid groups is 2. The van der Waals surface area contributed by atoms with Crippen molar-refractivity contribution in [1.29, 1.82) is 0 Å². The molecule has 2 unspecified atom stereocenters. The van der Waals surface area contributed by atoms with E-state index in [0.29, 0.717) is 37.5 Å². The van der Waals surface area contributed by atoms with Crippen LogP contribution in [0.15, 0.2) is 0 Å². The van der Waals surface area contributed by atoms with Gasteiger partial charge in [0.25, 0.3) is 0 Å². The van der Waals surface area contributed by atoms with E-state index in [1.807, 2.05) is 0 Å². The summed E-state index contributed by atoms with van der Waals surface area (Å²) in [5.41, 5.74) is 0. The van der Waals surface area contributed by atoms with Crippen LogP contribution in [-0.4, -0.2) is 96.7 Å². The number of esters is 4. The number of hydrogen-bond acceptors (Lipinski definition) is 15. The topological polar surface area (TPSA) is 237 Å². The van der Waals surface area contributed by atoms with Gasteiger partial charge in [-0.25, -0.2) is 9.13 Å². The van der Waals surface area contributed by atoms with E-state index in [1.54, 1.807) is 0 Å². The molecule has 80 heavy (non-hydrogen) atoms. The van der Waals surface area contributed by atoms with Crippen LogP contribution < -0.4 is 0 Å². The Bertz CT molecular complexity index is 1580. The van der Waals surface area contributed by atoms with Gasteiger partial charge in [-0.15, -0.1) is 0 Å². The lowest BCUT2D eigenvalue weighted by molar-refractivity contribution is -0.161. The van der Waals surface area contributed by atoms with Crippen LogP contribution in [0.2, 0.25) is 0 Å². The van der Waals surface area contributed by atoms with E-state index in [-0.39, 0.29) is 25.7 Å². The molecule has 0 aromatic heterocycles. The second-order valence-electron chi connectivity index (χ2n) is 23.0. The van der Waals surface area contributed by atoms with E-state index < -0.39 is 97.5 Å². The van der Waals surface area contributed by atoms with Crippen LogP contribution >= 0.6 is 15.6 Å². The fraction of sp³-hybridized carbons (Fsp3) is 0.934. The molecule has 474 valence electrons. The Morgan fingerprint density at radius 1 is 0.338 bits per heavy atom. The number of aliphatic hydroxyl groups is 1. The lowest BCUT2D eigenvalue weighted by atomic mass is 10.0. The number of hydrogen-bond donors (Lipinski definition) is 3. The van der Waals surface area contributed by atoms with E-state index in [2.05, 4.69) is 41.5 Å². The molecule has 0 saturated heterocycles. The highest BCUT2D eigenvalue weighted by Gasteiger charge is 2.30. The Balaban J connectivity index is 5.13. The highest BCUT2D eigenvalue weighted by molar-refractivity contribution is 7.47. The molecule has 5 atom stereocenters. The first kappa shape index (κ1) is 78.1. The summed E-state index contributed by atoms with van der Waals surface area (Å²) in [5, 5.41) is 10.5. The van der Waals surface area contributed by atoms with Crippen LogP contribution in [0.25, 0.3) is 0 Å². The quantitative estimate of drug-likeness (QED) is 0.0222. The van der Waals surface area contributed by atoms with Crippen molar-refractivity contribution in [3.05, 3.63) is 0 Å². The van der Waals surface area contributed by atoms with E-state index in [1.165, 1.54) is 103 Å². The van der Waals surface area contributed by atoms with Crippen LogP contribution in [0.4, 0.5) is 0 Å². The van der Waals surface area contributed by atoms with E-state index in [0.717, 1.165) is 103 Å². The zero-order valence-corrected chi connectivity index (χ0v) is 53.2. The first-order valence-electron chi connectivity index (χ1n) is 32.0. The molecule has 0 spiro atoms. The Hall–Kier alpha value is -1.94. The summed E-state index contributed by atoms with van der Waals surface area (Å²) in [6.07, 6.45) is 35.6. The first-order valence-corrected chi connectivity index (χ1v) is 35.0. The lowest BCUT2D eigenvalue weighted by Crippen LogP contribution is -2.30. The van der Waals surface area contributed by atoms with Gasteiger partial charge in [0.05, 0.1) is 26.4 Å². The number of carbonyl (C=O) groups is 4. The summed E-state index contributed by atoms with van der Waals surface area (Å²) in [4.78, 5) is 71.7. The first-order chi connectivity index (χ1) is 38.4. The van der Waals surface area contributed by atoms with Crippen LogP contribution in [-0.2, 0) is 65.4 Å². The molecule has 0 rings (SSSR count). The van der Waals surface area contributed by atoms with Crippen molar-refractivity contribution in [2.75, 3.05) is 39.6 Å². The minimum Gasteiger partial charge on any atom is -0.462 e. The molecule has 3 N–H and O–H groups in total. The molecule has 19 heteroatoms. The fourth-order valence-electron chi connectivity index (χ4n) is 9.00. The number of phosphoric ester groups is 2. The molecule has 0 aromatic carbocycles. The van der Waals surface area contributed by atoms with Gasteiger partial charge in [-0.3, -0.25) is 37.3 Å². The van der Waals surface area contributed by atoms with Crippen molar-refractivity contribution >= 4 is 39.5 Å². The molecule has 17 nitrogen and oxygen atoms in total. The third kappa shape index (κ3) is 55.3. The average Bonchev–Trinajstić information content (AvgIpc) is 3.41.